The zero-order valence-electron chi connectivity index (χ0n) is 17.3. The smallest absolute Gasteiger partial charge is 0.243 e. The maximum absolute atomic E-state index is 12.8. The highest BCUT2D eigenvalue weighted by molar-refractivity contribution is 7.89. The normalized spacial score (nSPS) is 20.2. The molecule has 1 aliphatic heterocycles. The van der Waals surface area contributed by atoms with Crippen LogP contribution in [0.25, 0.3) is 0 Å². The molecule has 7 nitrogen and oxygen atoms in total. The molecule has 0 spiro atoms. The van der Waals surface area contributed by atoms with E-state index in [1.807, 2.05) is 7.05 Å². The number of hydrogen-bond acceptors (Lipinski definition) is 5. The first kappa shape index (κ1) is 22.2. The van der Waals surface area contributed by atoms with Gasteiger partial charge in [0.05, 0.1) is 24.7 Å². The van der Waals surface area contributed by atoms with Crippen molar-refractivity contribution in [3.05, 3.63) is 24.3 Å². The minimum Gasteiger partial charge on any atom is -0.379 e. The second kappa shape index (κ2) is 10.5. The molecule has 1 aliphatic carbocycles. The van der Waals surface area contributed by atoms with E-state index in [1.165, 1.54) is 36.4 Å². The summed E-state index contributed by atoms with van der Waals surface area (Å²) in [6.45, 7) is 1.83. The van der Waals surface area contributed by atoms with Crippen LogP contribution in [0, 0.1) is 0 Å². The van der Waals surface area contributed by atoms with Crippen LogP contribution in [0.2, 0.25) is 0 Å². The zero-order chi connectivity index (χ0) is 20.7. The van der Waals surface area contributed by atoms with E-state index < -0.39 is 10.0 Å². The fraction of sp³-hybridized carbons (Fsp3) is 0.667. The number of hydrogen-bond donors (Lipinski definition) is 1. The van der Waals surface area contributed by atoms with Crippen LogP contribution >= 0.6 is 0 Å². The molecule has 1 heterocycles. The van der Waals surface area contributed by atoms with Crippen LogP contribution < -0.4 is 5.32 Å². The molecule has 0 bridgehead atoms. The quantitative estimate of drug-likeness (QED) is 0.761. The van der Waals surface area contributed by atoms with Crippen LogP contribution in [0.15, 0.2) is 29.2 Å². The molecule has 0 unspecified atom stereocenters. The molecule has 1 saturated heterocycles. The van der Waals surface area contributed by atoms with Gasteiger partial charge in [-0.05, 0) is 38.1 Å². The Kier molecular flexibility index (Phi) is 8.06. The first-order valence-corrected chi connectivity index (χ1v) is 12.1. The number of ether oxygens (including phenoxy) is 1. The molecule has 2 fully saturated rings. The Morgan fingerprint density at radius 2 is 1.79 bits per heavy atom. The van der Waals surface area contributed by atoms with Crippen molar-refractivity contribution >= 4 is 21.6 Å². The van der Waals surface area contributed by atoms with Gasteiger partial charge in [0, 0.05) is 24.8 Å². The highest BCUT2D eigenvalue weighted by Crippen LogP contribution is 2.22. The lowest BCUT2D eigenvalue weighted by molar-refractivity contribution is -0.117. The van der Waals surface area contributed by atoms with Gasteiger partial charge in [0.25, 0.3) is 0 Å². The number of likely N-dealkylation sites (N-methyl/N-ethyl adjacent to an activating group) is 1. The van der Waals surface area contributed by atoms with E-state index in [1.54, 1.807) is 24.3 Å². The summed E-state index contributed by atoms with van der Waals surface area (Å²) in [5.41, 5.74) is 0.510. The average Bonchev–Trinajstić information content (AvgIpc) is 2.68. The molecule has 0 aromatic heterocycles. The first-order valence-electron chi connectivity index (χ1n) is 10.6. The molecule has 3 rings (SSSR count). The molecule has 2 aliphatic rings. The summed E-state index contributed by atoms with van der Waals surface area (Å²) in [6.07, 6.45) is 8.59. The van der Waals surface area contributed by atoms with Crippen molar-refractivity contribution in [2.24, 2.45) is 0 Å². The van der Waals surface area contributed by atoms with E-state index in [9.17, 15) is 13.2 Å². The Hall–Kier alpha value is -1.48. The summed E-state index contributed by atoms with van der Waals surface area (Å²) in [5, 5.41) is 2.87. The van der Waals surface area contributed by atoms with Crippen molar-refractivity contribution in [1.82, 2.24) is 9.21 Å². The summed E-state index contributed by atoms with van der Waals surface area (Å²) in [4.78, 5) is 14.9. The number of rotatable bonds is 6. The predicted octanol–water partition coefficient (Wildman–Crippen LogP) is 2.69. The SMILES string of the molecule is CN(CC(=O)Nc1cccc(S(=O)(=O)N2CCOCC2)c1)C1CCCCCCC1. The number of anilines is 1. The molecule has 1 saturated carbocycles. The summed E-state index contributed by atoms with van der Waals surface area (Å²) in [6, 6.07) is 6.95. The van der Waals surface area contributed by atoms with Crippen molar-refractivity contribution in [3.63, 3.8) is 0 Å². The molecule has 8 heteroatoms. The zero-order valence-corrected chi connectivity index (χ0v) is 18.1. The number of carbonyl (C=O) groups excluding carboxylic acids is 1. The van der Waals surface area contributed by atoms with Crippen LogP contribution in [0.3, 0.4) is 0 Å². The lowest BCUT2D eigenvalue weighted by Gasteiger charge is -2.29. The van der Waals surface area contributed by atoms with Crippen molar-refractivity contribution in [2.75, 3.05) is 45.2 Å². The number of amides is 1. The first-order chi connectivity index (χ1) is 14.0. The van der Waals surface area contributed by atoms with Gasteiger partial charge in [-0.15, -0.1) is 0 Å². The van der Waals surface area contributed by atoms with Crippen LogP contribution in [0.1, 0.15) is 44.9 Å². The second-order valence-corrected chi connectivity index (χ2v) is 9.94. The highest BCUT2D eigenvalue weighted by atomic mass is 32.2. The van der Waals surface area contributed by atoms with Crippen LogP contribution in [0.5, 0.6) is 0 Å². The van der Waals surface area contributed by atoms with Gasteiger partial charge in [-0.2, -0.15) is 4.31 Å². The largest absolute Gasteiger partial charge is 0.379 e. The molecule has 1 aromatic rings. The molecule has 0 atom stereocenters. The number of benzene rings is 1. The molecule has 29 heavy (non-hydrogen) atoms. The predicted molar refractivity (Wildman–Crippen MR) is 113 cm³/mol. The number of nitrogens with one attached hydrogen (secondary N) is 1. The third-order valence-corrected chi connectivity index (χ3v) is 7.71. The number of morpholine rings is 1. The maximum Gasteiger partial charge on any atom is 0.243 e. The molecule has 0 radical (unpaired) electrons. The van der Waals surface area contributed by atoms with Gasteiger partial charge in [-0.1, -0.05) is 38.2 Å². The van der Waals surface area contributed by atoms with E-state index >= 15 is 0 Å². The van der Waals surface area contributed by atoms with Gasteiger partial charge in [0.1, 0.15) is 0 Å². The monoisotopic (exact) mass is 423 g/mol. The number of nitrogens with zero attached hydrogens (tertiary/aromatic N) is 2. The maximum atomic E-state index is 12.8. The molecular formula is C21H33N3O4S. The van der Waals surface area contributed by atoms with Gasteiger partial charge in [0.15, 0.2) is 0 Å². The molecular weight excluding hydrogens is 390 g/mol. The van der Waals surface area contributed by atoms with E-state index in [4.69, 9.17) is 4.74 Å². The molecule has 1 N–H and O–H groups in total. The van der Waals surface area contributed by atoms with Gasteiger partial charge in [-0.3, -0.25) is 9.69 Å². The minimum absolute atomic E-state index is 0.115. The fourth-order valence-corrected chi connectivity index (χ4v) is 5.56. The standard InChI is InChI=1S/C21H33N3O4S/c1-23(19-9-5-3-2-4-6-10-19)17-21(25)22-18-8-7-11-20(16-18)29(26,27)24-12-14-28-15-13-24/h7-8,11,16,19H,2-6,9-10,12-15,17H2,1H3,(H,22,25). The lowest BCUT2D eigenvalue weighted by Crippen LogP contribution is -2.40. The van der Waals surface area contributed by atoms with E-state index in [-0.39, 0.29) is 10.8 Å². The Labute approximate surface area is 174 Å². The summed E-state index contributed by atoms with van der Waals surface area (Å²) in [5.74, 6) is -0.115. The fourth-order valence-electron chi connectivity index (χ4n) is 4.10. The minimum atomic E-state index is -3.58. The van der Waals surface area contributed by atoms with Crippen molar-refractivity contribution in [1.29, 1.82) is 0 Å². The van der Waals surface area contributed by atoms with Gasteiger partial charge in [0.2, 0.25) is 15.9 Å². The summed E-state index contributed by atoms with van der Waals surface area (Å²) >= 11 is 0. The molecule has 1 amide bonds. The van der Waals surface area contributed by atoms with Crippen molar-refractivity contribution in [2.45, 2.75) is 55.9 Å². The van der Waals surface area contributed by atoms with Crippen LogP contribution in [-0.4, -0.2) is 69.5 Å². The van der Waals surface area contributed by atoms with Crippen LogP contribution in [-0.2, 0) is 19.6 Å². The third-order valence-electron chi connectivity index (χ3n) is 5.82. The van der Waals surface area contributed by atoms with E-state index in [2.05, 4.69) is 10.2 Å². The Morgan fingerprint density at radius 1 is 1.14 bits per heavy atom. The van der Waals surface area contributed by atoms with Gasteiger partial charge < -0.3 is 10.1 Å². The van der Waals surface area contributed by atoms with E-state index in [0.29, 0.717) is 44.6 Å². The van der Waals surface area contributed by atoms with Crippen LogP contribution in [0.4, 0.5) is 5.69 Å². The van der Waals surface area contributed by atoms with Crippen molar-refractivity contribution in [3.8, 4) is 0 Å². The van der Waals surface area contributed by atoms with Gasteiger partial charge in [-0.25, -0.2) is 8.42 Å². The molecule has 162 valence electrons. The number of sulfonamides is 1. The van der Waals surface area contributed by atoms with E-state index in [0.717, 1.165) is 12.8 Å². The Bertz CT molecular complexity index is 770. The summed E-state index contributed by atoms with van der Waals surface area (Å²) < 4.78 is 32.3. The highest BCUT2D eigenvalue weighted by Gasteiger charge is 2.26. The third kappa shape index (κ3) is 6.25. The Balaban J connectivity index is 1.59. The van der Waals surface area contributed by atoms with Crippen molar-refractivity contribution < 1.29 is 17.9 Å². The number of carbonyl (C=O) groups is 1. The summed E-state index contributed by atoms with van der Waals surface area (Å²) in [7, 11) is -1.57. The topological polar surface area (TPSA) is 79.0 Å². The molecule has 1 aromatic carbocycles. The Morgan fingerprint density at radius 3 is 2.48 bits per heavy atom. The lowest BCUT2D eigenvalue weighted by atomic mass is 9.96. The van der Waals surface area contributed by atoms with Gasteiger partial charge >= 0.3 is 0 Å². The average molecular weight is 424 g/mol. The second-order valence-electron chi connectivity index (χ2n) is 8.01.